The Kier molecular flexibility index (Phi) is 9.51. The van der Waals surface area contributed by atoms with Gasteiger partial charge in [-0.15, -0.1) is 0 Å². The van der Waals surface area contributed by atoms with Gasteiger partial charge in [0, 0.05) is 82.6 Å². The van der Waals surface area contributed by atoms with E-state index in [0.29, 0.717) is 5.82 Å². The highest BCUT2D eigenvalue weighted by Gasteiger charge is 2.00. The van der Waals surface area contributed by atoms with Gasteiger partial charge in [-0.2, -0.15) is 0 Å². The quantitative estimate of drug-likeness (QED) is 0.479. The van der Waals surface area contributed by atoms with E-state index in [1.54, 1.807) is 36.5 Å². The van der Waals surface area contributed by atoms with E-state index < -0.39 is 12.8 Å². The lowest BCUT2D eigenvalue weighted by molar-refractivity contribution is 0.111. The first-order valence-electron chi connectivity index (χ1n) is 5.75. The molecule has 0 saturated heterocycles. The third kappa shape index (κ3) is 8.56. The zero-order valence-electron chi connectivity index (χ0n) is 11.6. The minimum Gasteiger partial charge on any atom is -0.341 e. The molecule has 0 N–H and O–H groups in total. The molecular formula is C9H12B6N4O. The van der Waals surface area contributed by atoms with Crippen molar-refractivity contribution in [3.05, 3.63) is 36.9 Å². The van der Waals surface area contributed by atoms with Crippen molar-refractivity contribution in [2.24, 2.45) is 14.1 Å². The summed E-state index contributed by atoms with van der Waals surface area (Å²) in [5.74, 6) is 0.463. The molecule has 0 aromatic carbocycles. The second kappa shape index (κ2) is 10.3. The molecule has 20 heavy (non-hydrogen) atoms. The molecule has 2 aromatic heterocycles. The molecule has 92 valence electrons. The summed E-state index contributed by atoms with van der Waals surface area (Å²) in [4.78, 5) is 17.5. The number of imidazole rings is 2. The van der Waals surface area contributed by atoms with E-state index in [-0.39, 0.29) is 0 Å². The van der Waals surface area contributed by atoms with Crippen LogP contribution in [0.25, 0.3) is 0 Å². The van der Waals surface area contributed by atoms with Crippen molar-refractivity contribution in [1.82, 2.24) is 19.1 Å². The van der Waals surface area contributed by atoms with Crippen LogP contribution < -0.4 is 0 Å². The predicted molar refractivity (Wildman–Crippen MR) is 86.3 cm³/mol. The molecule has 2 aromatic rings. The van der Waals surface area contributed by atoms with Crippen LogP contribution in [0.3, 0.4) is 0 Å². The highest BCUT2D eigenvalue weighted by molar-refractivity contribution is 7.76. The lowest BCUT2D eigenvalue weighted by Gasteiger charge is -2.00. The molecule has 5 nitrogen and oxygen atoms in total. The summed E-state index contributed by atoms with van der Waals surface area (Å²) in [7, 11) is 23.6. The Labute approximate surface area is 125 Å². The monoisotopic (exact) mass is 258 g/mol. The number of hydrogen-bond donors (Lipinski definition) is 0. The van der Waals surface area contributed by atoms with Gasteiger partial charge in [-0.05, 0) is 0 Å². The van der Waals surface area contributed by atoms with Crippen LogP contribution in [0.5, 0.6) is 0 Å². The van der Waals surface area contributed by atoms with Gasteiger partial charge in [0.15, 0.2) is 12.1 Å². The SMILES string of the molecule is Cn1ccnc1.Cn1ccnc1C=O.[B]B([B])B([B])[B]. The Morgan fingerprint density at radius 1 is 1.10 bits per heavy atom. The van der Waals surface area contributed by atoms with Crippen LogP contribution in [0, 0.1) is 0 Å². The maximum Gasteiger partial charge on any atom is 0.185 e. The molecule has 0 aliphatic heterocycles. The fourth-order valence-corrected chi connectivity index (χ4v) is 0.816. The topological polar surface area (TPSA) is 52.7 Å². The Hall–Kier alpha value is -1.52. The van der Waals surface area contributed by atoms with Gasteiger partial charge in [-0.3, -0.25) is 4.79 Å². The number of aromatic nitrogens is 4. The number of nitrogens with zero attached hydrogens (tertiary/aromatic N) is 4. The maximum atomic E-state index is 10.0. The van der Waals surface area contributed by atoms with E-state index in [4.69, 9.17) is 30.9 Å². The molecule has 0 bridgehead atoms. The molecule has 8 radical (unpaired) electrons. The van der Waals surface area contributed by atoms with Gasteiger partial charge in [-0.25, -0.2) is 9.97 Å². The van der Waals surface area contributed by atoms with E-state index in [1.807, 2.05) is 17.8 Å². The molecule has 0 saturated carbocycles. The van der Waals surface area contributed by atoms with Crippen molar-refractivity contribution in [2.75, 3.05) is 0 Å². The molecule has 11 heteroatoms. The lowest BCUT2D eigenvalue weighted by atomic mass is 8.81. The second-order valence-corrected chi connectivity index (χ2v) is 3.90. The summed E-state index contributed by atoms with van der Waals surface area (Å²) in [5, 5.41) is 0. The molecule has 0 amide bonds. The summed E-state index contributed by atoms with van der Waals surface area (Å²) in [6.45, 7) is 0. The third-order valence-corrected chi connectivity index (χ3v) is 2.04. The van der Waals surface area contributed by atoms with Crippen molar-refractivity contribution in [3.8, 4) is 0 Å². The minimum atomic E-state index is -0.593. The summed E-state index contributed by atoms with van der Waals surface area (Å²) in [6.07, 6.45) is 8.24. The zero-order valence-corrected chi connectivity index (χ0v) is 11.6. The first-order valence-corrected chi connectivity index (χ1v) is 5.75. The molecule has 2 rings (SSSR count). The molecule has 0 aliphatic rings. The fourth-order valence-electron chi connectivity index (χ4n) is 0.816. The molecular weight excluding hydrogens is 245 g/mol. The average molecular weight is 257 g/mol. The first-order chi connectivity index (χ1) is 9.38. The van der Waals surface area contributed by atoms with Gasteiger partial charge >= 0.3 is 0 Å². The largest absolute Gasteiger partial charge is 0.341 e. The van der Waals surface area contributed by atoms with Gasteiger partial charge in [0.1, 0.15) is 0 Å². The van der Waals surface area contributed by atoms with E-state index >= 15 is 0 Å². The van der Waals surface area contributed by atoms with Gasteiger partial charge in [0.25, 0.3) is 0 Å². The highest BCUT2D eigenvalue weighted by atomic mass is 16.1. The summed E-state index contributed by atoms with van der Waals surface area (Å²) in [5.41, 5.74) is 0. The number of rotatable bonds is 2. The molecule has 0 aliphatic carbocycles. The molecule has 0 spiro atoms. The van der Waals surface area contributed by atoms with E-state index in [2.05, 4.69) is 9.97 Å². The summed E-state index contributed by atoms with van der Waals surface area (Å²) < 4.78 is 3.55. The lowest BCUT2D eigenvalue weighted by Crippen LogP contribution is -2.38. The number of carbonyl (C=O) groups excluding carboxylic acids is 1. The Balaban J connectivity index is 0.000000276. The fraction of sp³-hybridized carbons (Fsp3) is 0.222. The molecule has 2 heterocycles. The van der Waals surface area contributed by atoms with Crippen molar-refractivity contribution < 1.29 is 4.79 Å². The Morgan fingerprint density at radius 3 is 1.85 bits per heavy atom. The van der Waals surface area contributed by atoms with Crippen LogP contribution in [0.1, 0.15) is 10.6 Å². The number of aldehydes is 1. The van der Waals surface area contributed by atoms with Crippen LogP contribution in [0.2, 0.25) is 0 Å². The van der Waals surface area contributed by atoms with E-state index in [0.717, 1.165) is 6.29 Å². The van der Waals surface area contributed by atoms with Gasteiger partial charge in [0.2, 0.25) is 0 Å². The number of hydrogen-bond acceptors (Lipinski definition) is 3. The highest BCUT2D eigenvalue weighted by Crippen LogP contribution is 1.86. The van der Waals surface area contributed by atoms with Crippen molar-refractivity contribution in [2.45, 2.75) is 0 Å². The average Bonchev–Trinajstić information content (AvgIpc) is 3.01. The van der Waals surface area contributed by atoms with Crippen LogP contribution in [-0.4, -0.2) is 69.1 Å². The first kappa shape index (κ1) is 18.5. The summed E-state index contributed by atoms with van der Waals surface area (Å²) in [6, 6.07) is 0. The van der Waals surface area contributed by atoms with Gasteiger partial charge in [0.05, 0.1) is 6.33 Å². The summed E-state index contributed by atoms with van der Waals surface area (Å²) >= 11 is 0. The molecule has 0 fully saturated rings. The van der Waals surface area contributed by atoms with E-state index in [9.17, 15) is 4.79 Å². The minimum absolute atomic E-state index is 0.463. The van der Waals surface area contributed by atoms with Crippen LogP contribution in [0.4, 0.5) is 0 Å². The Morgan fingerprint density at radius 2 is 1.70 bits per heavy atom. The van der Waals surface area contributed by atoms with Crippen LogP contribution in [-0.2, 0) is 14.1 Å². The molecule has 0 atom stereocenters. The standard InChI is InChI=1S/C5H6N2O.C4H6N2.B6/c1-7-3-2-6-5(7)4-8;1-6-3-2-5-4-6;1-5(2)6(3)4/h2-4H,1H3;2-4H,1H3;. The van der Waals surface area contributed by atoms with E-state index in [1.165, 1.54) is 0 Å². The van der Waals surface area contributed by atoms with Crippen LogP contribution >= 0.6 is 0 Å². The van der Waals surface area contributed by atoms with Crippen LogP contribution in [0.15, 0.2) is 31.1 Å². The predicted octanol–water partition coefficient (Wildman–Crippen LogP) is -1.63. The zero-order chi connectivity index (χ0) is 15.5. The van der Waals surface area contributed by atoms with Crippen molar-refractivity contribution in [1.29, 1.82) is 0 Å². The van der Waals surface area contributed by atoms with Gasteiger partial charge < -0.3 is 9.13 Å². The second-order valence-electron chi connectivity index (χ2n) is 3.90. The smallest absolute Gasteiger partial charge is 0.185 e. The normalized spacial score (nSPS) is 8.50. The van der Waals surface area contributed by atoms with Crippen molar-refractivity contribution >= 4 is 50.0 Å². The number of aryl methyl sites for hydroxylation is 2. The third-order valence-electron chi connectivity index (χ3n) is 2.04. The molecule has 0 unspecified atom stereocenters. The Bertz CT molecular complexity index is 467. The maximum absolute atomic E-state index is 10.0. The van der Waals surface area contributed by atoms with Crippen molar-refractivity contribution in [3.63, 3.8) is 0 Å². The van der Waals surface area contributed by atoms with Gasteiger partial charge in [-0.1, -0.05) is 0 Å². The number of carbonyl (C=O) groups is 1.